The van der Waals surface area contributed by atoms with Crippen LogP contribution in [-0.2, 0) is 0 Å². The van der Waals surface area contributed by atoms with Crippen LogP contribution in [0, 0.1) is 5.21 Å². The summed E-state index contributed by atoms with van der Waals surface area (Å²) >= 11 is 0. The average molecular weight is 176 g/mol. The van der Waals surface area contributed by atoms with Crippen LogP contribution in [0.1, 0.15) is 13.3 Å². The van der Waals surface area contributed by atoms with E-state index in [-0.39, 0.29) is 0 Å². The number of hydrogen-bond acceptors (Lipinski definition) is 2. The molecule has 0 aliphatic heterocycles. The second-order valence-electron chi connectivity index (χ2n) is 3.16. The molecule has 72 valence electrons. The summed E-state index contributed by atoms with van der Waals surface area (Å²) in [6.45, 7) is 5.12. The Balaban J connectivity index is 4.08. The molecular formula is C8H17FN2O. The molecule has 12 heavy (non-hydrogen) atoms. The third kappa shape index (κ3) is 3.80. The van der Waals surface area contributed by atoms with Crippen molar-refractivity contribution in [3.8, 4) is 0 Å². The summed E-state index contributed by atoms with van der Waals surface area (Å²) in [5.74, 6) is 0. The lowest BCUT2D eigenvalue weighted by molar-refractivity contribution is -0.871. The van der Waals surface area contributed by atoms with E-state index in [1.807, 2.05) is 6.92 Å². The van der Waals surface area contributed by atoms with Gasteiger partial charge in [0.2, 0.25) is 0 Å². The molecule has 0 rings (SSSR count). The summed E-state index contributed by atoms with van der Waals surface area (Å²) in [7, 11) is 2.97. The molecular weight excluding hydrogens is 159 g/mol. The maximum atomic E-state index is 12.7. The Bertz CT molecular complexity index is 144. The van der Waals surface area contributed by atoms with Gasteiger partial charge in [-0.05, 0) is 6.08 Å². The molecule has 0 aromatic rings. The number of alkyl halides is 1. The molecule has 0 aliphatic carbocycles. The highest BCUT2D eigenvalue weighted by Crippen LogP contribution is 2.06. The van der Waals surface area contributed by atoms with Crippen LogP contribution in [0.15, 0.2) is 12.7 Å². The van der Waals surface area contributed by atoms with Crippen molar-refractivity contribution in [3.05, 3.63) is 17.9 Å². The topological polar surface area (TPSA) is 35.1 Å². The van der Waals surface area contributed by atoms with E-state index in [1.54, 1.807) is 0 Å². The Hall–Kier alpha value is -0.450. The maximum absolute atomic E-state index is 12.7. The Morgan fingerprint density at radius 2 is 2.17 bits per heavy atom. The lowest BCUT2D eigenvalue weighted by Crippen LogP contribution is -2.53. The number of nitrogens with zero attached hydrogens (tertiary/aromatic N) is 1. The highest BCUT2D eigenvalue weighted by Gasteiger charge is 2.19. The number of nitrogens with one attached hydrogen (secondary N) is 1. The van der Waals surface area contributed by atoms with Gasteiger partial charge in [0.25, 0.3) is 0 Å². The van der Waals surface area contributed by atoms with Crippen molar-refractivity contribution in [2.45, 2.75) is 25.8 Å². The van der Waals surface area contributed by atoms with Crippen LogP contribution in [0.25, 0.3) is 0 Å². The minimum Gasteiger partial charge on any atom is -0.632 e. The Labute approximate surface area is 73.0 Å². The summed E-state index contributed by atoms with van der Waals surface area (Å²) in [5.41, 5.74) is 0. The van der Waals surface area contributed by atoms with Gasteiger partial charge in [0.05, 0.1) is 14.1 Å². The number of halogens is 1. The molecule has 2 unspecified atom stereocenters. The first-order valence-electron chi connectivity index (χ1n) is 3.99. The van der Waals surface area contributed by atoms with Gasteiger partial charge in [0.1, 0.15) is 6.17 Å². The zero-order chi connectivity index (χ0) is 9.78. The minimum atomic E-state index is -1.30. The molecule has 1 N–H and O–H groups in total. The van der Waals surface area contributed by atoms with Crippen LogP contribution in [0.2, 0.25) is 0 Å². The van der Waals surface area contributed by atoms with Crippen molar-refractivity contribution < 1.29 is 9.04 Å². The minimum absolute atomic E-state index is 0.419. The zero-order valence-corrected chi connectivity index (χ0v) is 7.88. The average Bonchev–Trinajstić information content (AvgIpc) is 1.97. The van der Waals surface area contributed by atoms with Crippen molar-refractivity contribution in [2.75, 3.05) is 14.1 Å². The zero-order valence-electron chi connectivity index (χ0n) is 7.88. The van der Waals surface area contributed by atoms with Gasteiger partial charge in [-0.3, -0.25) is 0 Å². The van der Waals surface area contributed by atoms with Crippen molar-refractivity contribution in [2.24, 2.45) is 0 Å². The van der Waals surface area contributed by atoms with Gasteiger partial charge < -0.3 is 9.85 Å². The van der Waals surface area contributed by atoms with Crippen LogP contribution >= 0.6 is 0 Å². The number of hydroxylamine groups is 3. The van der Waals surface area contributed by atoms with Gasteiger partial charge in [0.15, 0.2) is 6.30 Å². The molecule has 4 heteroatoms. The molecule has 0 aromatic heterocycles. The normalized spacial score (nSPS) is 17.1. The van der Waals surface area contributed by atoms with E-state index in [4.69, 9.17) is 0 Å². The molecule has 0 fully saturated rings. The van der Waals surface area contributed by atoms with Gasteiger partial charge >= 0.3 is 0 Å². The summed E-state index contributed by atoms with van der Waals surface area (Å²) in [6, 6.07) is 0. The van der Waals surface area contributed by atoms with Gasteiger partial charge in [-0.15, -0.1) is 0 Å². The van der Waals surface area contributed by atoms with Crippen LogP contribution in [0.4, 0.5) is 4.39 Å². The summed E-state index contributed by atoms with van der Waals surface area (Å²) < 4.78 is 12.2. The predicted octanol–water partition coefficient (Wildman–Crippen LogP) is 1.37. The van der Waals surface area contributed by atoms with Crippen LogP contribution in [0.5, 0.6) is 0 Å². The lowest BCUT2D eigenvalue weighted by atomic mass is 10.3. The number of rotatable bonds is 5. The molecule has 3 nitrogen and oxygen atoms in total. The Kier molecular flexibility index (Phi) is 4.37. The second kappa shape index (κ2) is 4.54. The highest BCUT2D eigenvalue weighted by atomic mass is 19.1. The summed E-state index contributed by atoms with van der Waals surface area (Å²) in [4.78, 5) is 0. The Morgan fingerprint density at radius 3 is 2.42 bits per heavy atom. The first kappa shape index (κ1) is 11.6. The second-order valence-corrected chi connectivity index (χ2v) is 3.16. The molecule has 0 saturated heterocycles. The van der Waals surface area contributed by atoms with Crippen molar-refractivity contribution in [1.29, 1.82) is 0 Å². The lowest BCUT2D eigenvalue weighted by Gasteiger charge is -2.42. The third-order valence-electron chi connectivity index (χ3n) is 1.70. The first-order chi connectivity index (χ1) is 5.41. The third-order valence-corrected chi connectivity index (χ3v) is 1.70. The van der Waals surface area contributed by atoms with Gasteiger partial charge in [-0.1, -0.05) is 13.5 Å². The maximum Gasteiger partial charge on any atom is 0.174 e. The van der Waals surface area contributed by atoms with E-state index in [2.05, 4.69) is 11.9 Å². The van der Waals surface area contributed by atoms with E-state index in [0.29, 0.717) is 6.42 Å². The van der Waals surface area contributed by atoms with Crippen LogP contribution in [0.3, 0.4) is 0 Å². The fourth-order valence-corrected chi connectivity index (χ4v) is 0.989. The predicted molar refractivity (Wildman–Crippen MR) is 47.8 cm³/mol. The van der Waals surface area contributed by atoms with E-state index >= 15 is 0 Å². The molecule has 0 amide bonds. The molecule has 2 atom stereocenters. The van der Waals surface area contributed by atoms with E-state index < -0.39 is 17.1 Å². The molecule has 0 bridgehead atoms. The van der Waals surface area contributed by atoms with Gasteiger partial charge in [-0.2, -0.15) is 0 Å². The van der Waals surface area contributed by atoms with Gasteiger partial charge in [0, 0.05) is 6.42 Å². The van der Waals surface area contributed by atoms with E-state index in [9.17, 15) is 9.60 Å². The van der Waals surface area contributed by atoms with Crippen molar-refractivity contribution >= 4 is 0 Å². The first-order valence-corrected chi connectivity index (χ1v) is 3.99. The van der Waals surface area contributed by atoms with Gasteiger partial charge in [-0.25, -0.2) is 9.71 Å². The molecule has 0 aliphatic rings. The van der Waals surface area contributed by atoms with E-state index in [1.165, 1.54) is 14.1 Å². The molecule has 0 saturated carbocycles. The molecule has 0 aromatic carbocycles. The van der Waals surface area contributed by atoms with Crippen LogP contribution < -0.4 is 5.32 Å². The number of hydrogen-bond donors (Lipinski definition) is 1. The quantitative estimate of drug-likeness (QED) is 0.226. The molecule has 0 radical (unpaired) electrons. The van der Waals surface area contributed by atoms with E-state index in [0.717, 1.165) is 6.08 Å². The number of quaternary nitrogens is 1. The SMILES string of the molecule is C=CC(F)NC(CC)[N+](C)(C)[O-]. The monoisotopic (exact) mass is 176 g/mol. The van der Waals surface area contributed by atoms with Crippen molar-refractivity contribution in [3.63, 3.8) is 0 Å². The van der Waals surface area contributed by atoms with Crippen LogP contribution in [-0.4, -0.2) is 31.2 Å². The summed E-state index contributed by atoms with van der Waals surface area (Å²) in [5, 5.41) is 13.9. The molecule has 0 heterocycles. The summed E-state index contributed by atoms with van der Waals surface area (Å²) in [6.07, 6.45) is 0.00241. The van der Waals surface area contributed by atoms with Crippen molar-refractivity contribution in [1.82, 2.24) is 5.32 Å². The Morgan fingerprint density at radius 1 is 1.67 bits per heavy atom. The fraction of sp³-hybridized carbons (Fsp3) is 0.750. The smallest absolute Gasteiger partial charge is 0.174 e. The standard InChI is InChI=1S/C8H17FN2O/c1-5-7(9)10-8(6-2)11(3,4)12/h5,7-8,10H,1,6H2,2-4H3. The fourth-order valence-electron chi connectivity index (χ4n) is 0.989. The largest absolute Gasteiger partial charge is 0.632 e. The highest BCUT2D eigenvalue weighted by molar-refractivity contribution is 4.77. The molecule has 0 spiro atoms.